The summed E-state index contributed by atoms with van der Waals surface area (Å²) in [5, 5.41) is 21.6. The third kappa shape index (κ3) is 13.0. The van der Waals surface area contributed by atoms with E-state index in [-0.39, 0.29) is 36.5 Å². The summed E-state index contributed by atoms with van der Waals surface area (Å²) in [6.45, 7) is 19.3. The Morgan fingerprint density at radius 1 is 0.515 bits per heavy atom. The number of rotatable bonds is 6. The van der Waals surface area contributed by atoms with Gasteiger partial charge in [-0.1, -0.05) is 111 Å². The van der Waals surface area contributed by atoms with Gasteiger partial charge in [0.05, 0.1) is 11.6 Å². The Bertz CT molecular complexity index is 2600. The summed E-state index contributed by atoms with van der Waals surface area (Å²) in [5.74, 6) is -5.48. The van der Waals surface area contributed by atoms with Crippen molar-refractivity contribution in [3.8, 4) is 0 Å². The third-order valence-corrected chi connectivity index (χ3v) is 12.2. The number of fused-ring (bicyclic) bond motifs is 1. The first-order valence-electron chi connectivity index (χ1n) is 22.7. The molecule has 1 fully saturated rings. The number of ketones is 2. The van der Waals surface area contributed by atoms with Gasteiger partial charge in [0.2, 0.25) is 35.4 Å². The van der Waals surface area contributed by atoms with Gasteiger partial charge in [-0.15, -0.1) is 0 Å². The van der Waals surface area contributed by atoms with Crippen LogP contribution in [0.1, 0.15) is 103 Å². The summed E-state index contributed by atoms with van der Waals surface area (Å²) < 4.78 is 0. The highest BCUT2D eigenvalue weighted by Crippen LogP contribution is 2.21. The van der Waals surface area contributed by atoms with Gasteiger partial charge in [0.1, 0.15) is 28.7 Å². The number of benzene rings is 4. The zero-order valence-corrected chi connectivity index (χ0v) is 40.6. The van der Waals surface area contributed by atoms with Crippen LogP contribution < -0.4 is 37.2 Å². The van der Waals surface area contributed by atoms with Crippen molar-refractivity contribution in [1.29, 1.82) is 0 Å². The van der Waals surface area contributed by atoms with Crippen LogP contribution in [0.5, 0.6) is 0 Å². The molecule has 1 aliphatic rings. The highest BCUT2D eigenvalue weighted by molar-refractivity contribution is 6.09. The van der Waals surface area contributed by atoms with Crippen LogP contribution in [0.4, 0.5) is 0 Å². The van der Waals surface area contributed by atoms with E-state index in [2.05, 4.69) is 43.8 Å². The Hall–Kier alpha value is -7.16. The Morgan fingerprint density at radius 2 is 0.985 bits per heavy atom. The maximum absolute atomic E-state index is 14.2. The third-order valence-electron chi connectivity index (χ3n) is 12.2. The fourth-order valence-corrected chi connectivity index (χ4v) is 7.57. The van der Waals surface area contributed by atoms with Crippen LogP contribution in [0, 0.1) is 5.92 Å². The lowest BCUT2D eigenvalue weighted by Gasteiger charge is -2.35. The molecule has 4 atom stereocenters. The number of nitrogens with one attached hydrogen (secondary N) is 7. The van der Waals surface area contributed by atoms with Crippen LogP contribution in [-0.2, 0) is 46.4 Å². The van der Waals surface area contributed by atoms with E-state index >= 15 is 0 Å². The predicted octanol–water partition coefficient (Wildman–Crippen LogP) is 4.51. The highest BCUT2D eigenvalue weighted by atomic mass is 16.2. The average molecular weight is 928 g/mol. The van der Waals surface area contributed by atoms with Crippen molar-refractivity contribution >= 4 is 57.8 Å². The summed E-state index contributed by atoms with van der Waals surface area (Å²) >= 11 is 0. The second kappa shape index (κ2) is 20.8. The average Bonchev–Trinajstić information content (AvgIpc) is 3.27. The summed E-state index contributed by atoms with van der Waals surface area (Å²) in [5.41, 5.74) is -3.42. The Labute approximate surface area is 398 Å². The summed E-state index contributed by atoms with van der Waals surface area (Å²) in [6, 6.07) is 25.7. The standard InChI is InChI=1S/C53H65N7O8/c1-31-27-42(61)50(4,5)57-32(2)40(29-34-21-25-38(26-22-34)43(62)37-18-13-12-14-19-37)55-48(67)53(10,11)59-45(64)33(3)54-47(66)51(6,7)60-46(65)41(56-49(68)52(8,9)58-44(31)63)30-35-23-24-36-17-15-16-20-39(36)28-35/h12-26,28,31,33,40-41,57H,2,27,29-30H2,1,3-11H3,(H,54,66)(H,55,67)(H,56,68)(H,58,63)(H,59,64)(H,60,65). The topological polar surface area (TPSA) is 221 Å². The van der Waals surface area contributed by atoms with E-state index in [0.29, 0.717) is 22.3 Å². The molecule has 6 amide bonds. The minimum absolute atomic E-state index is 0.0151. The molecule has 1 saturated heterocycles. The van der Waals surface area contributed by atoms with Gasteiger partial charge in [0.25, 0.3) is 0 Å². The van der Waals surface area contributed by atoms with Gasteiger partial charge < -0.3 is 37.2 Å². The van der Waals surface area contributed by atoms with Crippen molar-refractivity contribution < 1.29 is 38.4 Å². The van der Waals surface area contributed by atoms with Gasteiger partial charge in [-0.05, 0) is 90.6 Å². The van der Waals surface area contributed by atoms with Gasteiger partial charge >= 0.3 is 0 Å². The number of carbonyl (C=O) groups is 8. The van der Waals surface area contributed by atoms with E-state index in [1.54, 1.807) is 69.3 Å². The van der Waals surface area contributed by atoms with Gasteiger partial charge in [0.15, 0.2) is 11.6 Å². The maximum atomic E-state index is 14.2. The van der Waals surface area contributed by atoms with Crippen molar-refractivity contribution in [2.75, 3.05) is 0 Å². The summed E-state index contributed by atoms with van der Waals surface area (Å²) in [4.78, 5) is 111. The number of amides is 6. The molecule has 360 valence electrons. The summed E-state index contributed by atoms with van der Waals surface area (Å²) in [7, 11) is 0. The second-order valence-electron chi connectivity index (χ2n) is 19.9. The molecule has 0 aromatic heterocycles. The van der Waals surface area contributed by atoms with Crippen LogP contribution in [0.15, 0.2) is 109 Å². The van der Waals surface area contributed by atoms with Crippen molar-refractivity contribution in [2.45, 2.75) is 129 Å². The largest absolute Gasteiger partial charge is 0.375 e. The first-order chi connectivity index (χ1) is 31.7. The minimum Gasteiger partial charge on any atom is -0.375 e. The molecule has 0 radical (unpaired) electrons. The van der Waals surface area contributed by atoms with Crippen molar-refractivity contribution in [2.24, 2.45) is 5.92 Å². The predicted molar refractivity (Wildman–Crippen MR) is 261 cm³/mol. The van der Waals surface area contributed by atoms with Crippen LogP contribution in [0.2, 0.25) is 0 Å². The Kier molecular flexibility index (Phi) is 15.8. The molecule has 0 bridgehead atoms. The molecule has 68 heavy (non-hydrogen) atoms. The van der Waals surface area contributed by atoms with E-state index < -0.39 is 81.6 Å². The number of carbonyl (C=O) groups excluding carboxylic acids is 8. The lowest BCUT2D eigenvalue weighted by molar-refractivity contribution is -0.139. The van der Waals surface area contributed by atoms with E-state index in [0.717, 1.165) is 10.8 Å². The molecule has 4 aromatic rings. The molecule has 5 rings (SSSR count). The molecular weight excluding hydrogens is 863 g/mol. The molecule has 15 heteroatoms. The Balaban J connectivity index is 1.44. The fourth-order valence-electron chi connectivity index (χ4n) is 7.57. The maximum Gasteiger partial charge on any atom is 0.245 e. The number of hydrogen-bond donors (Lipinski definition) is 7. The van der Waals surface area contributed by atoms with E-state index in [1.807, 2.05) is 48.5 Å². The van der Waals surface area contributed by atoms with Crippen LogP contribution >= 0.6 is 0 Å². The molecule has 0 aliphatic carbocycles. The first kappa shape index (κ1) is 51.8. The number of hydrogen-bond acceptors (Lipinski definition) is 9. The molecule has 0 saturated carbocycles. The minimum atomic E-state index is -1.62. The number of Topliss-reactive ketones (excluding diaryl/α,β-unsaturated/α-hetero) is 1. The van der Waals surface area contributed by atoms with Crippen molar-refractivity contribution in [3.05, 3.63) is 132 Å². The Morgan fingerprint density at radius 3 is 1.59 bits per heavy atom. The van der Waals surface area contributed by atoms with E-state index in [4.69, 9.17) is 0 Å². The van der Waals surface area contributed by atoms with Gasteiger partial charge in [0, 0.05) is 35.6 Å². The second-order valence-corrected chi connectivity index (χ2v) is 19.9. The molecule has 7 N–H and O–H groups in total. The summed E-state index contributed by atoms with van der Waals surface area (Å²) in [6.07, 6.45) is -0.0780. The first-order valence-corrected chi connectivity index (χ1v) is 22.7. The normalized spacial score (nSPS) is 23.0. The van der Waals surface area contributed by atoms with Crippen molar-refractivity contribution in [1.82, 2.24) is 37.2 Å². The van der Waals surface area contributed by atoms with E-state index in [9.17, 15) is 38.4 Å². The SMILES string of the molecule is C=C1NC(C)(C)C(=O)CC(C)C(=O)NC(C)(C)C(=O)NC(Cc2ccc3ccccc3c2)C(=O)NC(C)(C)C(=O)NC(C)C(=O)NC(C)(C)C(=O)NC1Cc1ccc(C(=O)c2ccccc2)cc1. The van der Waals surface area contributed by atoms with Crippen LogP contribution in [0.25, 0.3) is 10.8 Å². The van der Waals surface area contributed by atoms with Crippen LogP contribution in [-0.4, -0.2) is 87.3 Å². The lowest BCUT2D eigenvalue weighted by atomic mass is 9.89. The molecule has 1 aliphatic heterocycles. The van der Waals surface area contributed by atoms with Gasteiger partial charge in [-0.25, -0.2) is 0 Å². The van der Waals surface area contributed by atoms with Gasteiger partial charge in [-0.3, -0.25) is 38.4 Å². The highest BCUT2D eigenvalue weighted by Gasteiger charge is 2.40. The molecule has 0 spiro atoms. The van der Waals surface area contributed by atoms with Crippen molar-refractivity contribution in [3.63, 3.8) is 0 Å². The molecule has 1 heterocycles. The fraction of sp³-hybridized carbons (Fsp3) is 0.396. The van der Waals surface area contributed by atoms with Crippen LogP contribution in [0.3, 0.4) is 0 Å². The zero-order valence-electron chi connectivity index (χ0n) is 40.6. The zero-order chi connectivity index (χ0) is 50.4. The smallest absolute Gasteiger partial charge is 0.245 e. The lowest BCUT2D eigenvalue weighted by Crippen LogP contribution is -2.65. The van der Waals surface area contributed by atoms with Gasteiger partial charge in [-0.2, -0.15) is 0 Å². The molecule has 4 unspecified atom stereocenters. The molecular formula is C53H65N7O8. The van der Waals surface area contributed by atoms with E-state index in [1.165, 1.54) is 48.5 Å². The molecule has 4 aromatic carbocycles. The monoisotopic (exact) mass is 927 g/mol. The molecule has 15 nitrogen and oxygen atoms in total. The quantitative estimate of drug-likeness (QED) is 0.135.